The number of aryl methyl sites for hydroxylation is 2. The molecule has 0 fully saturated rings. The SMILES string of the molecule is Cc1cc(C)cc(C(CN)N(CC(C)C)CC(C)C)c1. The predicted molar refractivity (Wildman–Crippen MR) is 89.0 cm³/mol. The summed E-state index contributed by atoms with van der Waals surface area (Å²) in [6.45, 7) is 16.3. The van der Waals surface area contributed by atoms with Gasteiger partial charge in [0.15, 0.2) is 0 Å². The number of nitrogens with two attached hydrogens (primary N) is 1. The molecule has 1 atom stereocenters. The summed E-state index contributed by atoms with van der Waals surface area (Å²) in [7, 11) is 0. The van der Waals surface area contributed by atoms with Gasteiger partial charge in [0.05, 0.1) is 0 Å². The molecule has 0 saturated heterocycles. The van der Waals surface area contributed by atoms with Gasteiger partial charge in [-0.25, -0.2) is 0 Å². The van der Waals surface area contributed by atoms with Crippen LogP contribution >= 0.6 is 0 Å². The molecule has 2 heteroatoms. The summed E-state index contributed by atoms with van der Waals surface area (Å²) < 4.78 is 0. The van der Waals surface area contributed by atoms with Gasteiger partial charge in [-0.05, 0) is 31.2 Å². The molecule has 1 aromatic carbocycles. The number of rotatable bonds is 7. The fourth-order valence-corrected chi connectivity index (χ4v) is 2.97. The summed E-state index contributed by atoms with van der Waals surface area (Å²) in [5.74, 6) is 1.32. The summed E-state index contributed by atoms with van der Waals surface area (Å²) >= 11 is 0. The van der Waals surface area contributed by atoms with E-state index < -0.39 is 0 Å². The predicted octanol–water partition coefficient (Wildman–Crippen LogP) is 3.92. The Labute approximate surface area is 125 Å². The molecule has 0 heterocycles. The summed E-state index contributed by atoms with van der Waals surface area (Å²) in [5.41, 5.74) is 10.1. The van der Waals surface area contributed by atoms with Crippen LogP contribution in [0.15, 0.2) is 18.2 Å². The first-order chi connectivity index (χ1) is 9.33. The first kappa shape index (κ1) is 17.2. The second-order valence-electron chi connectivity index (χ2n) is 6.91. The first-order valence-electron chi connectivity index (χ1n) is 7.85. The molecular weight excluding hydrogens is 244 g/mol. The second kappa shape index (κ2) is 7.80. The number of benzene rings is 1. The van der Waals surface area contributed by atoms with E-state index in [9.17, 15) is 0 Å². The van der Waals surface area contributed by atoms with Gasteiger partial charge in [0.2, 0.25) is 0 Å². The highest BCUT2D eigenvalue weighted by atomic mass is 15.2. The Kier molecular flexibility index (Phi) is 6.70. The molecule has 0 aliphatic carbocycles. The van der Waals surface area contributed by atoms with Crippen LogP contribution in [0.1, 0.15) is 50.4 Å². The van der Waals surface area contributed by atoms with Gasteiger partial charge >= 0.3 is 0 Å². The van der Waals surface area contributed by atoms with Crippen LogP contribution in [0.3, 0.4) is 0 Å². The van der Waals surface area contributed by atoms with Gasteiger partial charge in [0.1, 0.15) is 0 Å². The van der Waals surface area contributed by atoms with Gasteiger partial charge in [-0.1, -0.05) is 57.0 Å². The lowest BCUT2D eigenvalue weighted by atomic mass is 9.98. The third-order valence-corrected chi connectivity index (χ3v) is 3.49. The molecular formula is C18H32N2. The Morgan fingerprint density at radius 1 is 0.900 bits per heavy atom. The molecule has 0 saturated carbocycles. The number of hydrogen-bond acceptors (Lipinski definition) is 2. The maximum atomic E-state index is 6.12. The van der Waals surface area contributed by atoms with E-state index in [1.165, 1.54) is 16.7 Å². The lowest BCUT2D eigenvalue weighted by Gasteiger charge is -2.34. The fourth-order valence-electron chi connectivity index (χ4n) is 2.97. The third-order valence-electron chi connectivity index (χ3n) is 3.49. The molecule has 1 aromatic rings. The molecule has 0 amide bonds. The highest BCUT2D eigenvalue weighted by molar-refractivity contribution is 5.31. The van der Waals surface area contributed by atoms with E-state index in [-0.39, 0.29) is 0 Å². The van der Waals surface area contributed by atoms with Crippen LogP contribution in [-0.4, -0.2) is 24.5 Å². The van der Waals surface area contributed by atoms with Crippen molar-refractivity contribution in [3.8, 4) is 0 Å². The van der Waals surface area contributed by atoms with Crippen molar-refractivity contribution in [3.63, 3.8) is 0 Å². The van der Waals surface area contributed by atoms with Crippen LogP contribution in [0.2, 0.25) is 0 Å². The minimum Gasteiger partial charge on any atom is -0.329 e. The summed E-state index contributed by atoms with van der Waals surface area (Å²) in [6, 6.07) is 7.14. The minimum atomic E-state index is 0.332. The van der Waals surface area contributed by atoms with Crippen molar-refractivity contribution in [2.75, 3.05) is 19.6 Å². The minimum absolute atomic E-state index is 0.332. The van der Waals surface area contributed by atoms with Crippen molar-refractivity contribution < 1.29 is 0 Å². The monoisotopic (exact) mass is 276 g/mol. The Hall–Kier alpha value is -0.860. The molecule has 1 unspecified atom stereocenters. The maximum absolute atomic E-state index is 6.12. The van der Waals surface area contributed by atoms with Crippen LogP contribution in [0, 0.1) is 25.7 Å². The van der Waals surface area contributed by atoms with Gasteiger partial charge in [-0.2, -0.15) is 0 Å². The molecule has 0 spiro atoms. The lowest BCUT2D eigenvalue weighted by Crippen LogP contribution is -2.38. The molecule has 0 aliphatic heterocycles. The van der Waals surface area contributed by atoms with Crippen molar-refractivity contribution in [1.29, 1.82) is 0 Å². The third kappa shape index (κ3) is 5.26. The molecule has 20 heavy (non-hydrogen) atoms. The van der Waals surface area contributed by atoms with Crippen LogP contribution in [0.4, 0.5) is 0 Å². The van der Waals surface area contributed by atoms with Crippen molar-refractivity contribution in [1.82, 2.24) is 4.90 Å². The van der Waals surface area contributed by atoms with Crippen molar-refractivity contribution >= 4 is 0 Å². The van der Waals surface area contributed by atoms with Crippen LogP contribution in [0.5, 0.6) is 0 Å². The Morgan fingerprint density at radius 2 is 1.35 bits per heavy atom. The molecule has 2 N–H and O–H groups in total. The summed E-state index contributed by atoms with van der Waals surface area (Å²) in [6.07, 6.45) is 0. The number of nitrogens with zero attached hydrogens (tertiary/aromatic N) is 1. The Morgan fingerprint density at radius 3 is 1.70 bits per heavy atom. The maximum Gasteiger partial charge on any atom is 0.0470 e. The van der Waals surface area contributed by atoms with E-state index in [0.717, 1.165) is 13.1 Å². The smallest absolute Gasteiger partial charge is 0.0470 e. The topological polar surface area (TPSA) is 29.3 Å². The standard InChI is InChI=1S/C18H32N2/c1-13(2)11-20(12-14(3)4)18(10-19)17-8-15(5)7-16(6)9-17/h7-9,13-14,18H,10-12,19H2,1-6H3. The molecule has 0 aliphatic rings. The molecule has 1 rings (SSSR count). The summed E-state index contributed by atoms with van der Waals surface area (Å²) in [4.78, 5) is 2.56. The van der Waals surface area contributed by atoms with Crippen LogP contribution in [-0.2, 0) is 0 Å². The Balaban J connectivity index is 3.04. The van der Waals surface area contributed by atoms with Gasteiger partial charge in [-0.15, -0.1) is 0 Å². The average molecular weight is 276 g/mol. The van der Waals surface area contributed by atoms with E-state index >= 15 is 0 Å². The highest BCUT2D eigenvalue weighted by Gasteiger charge is 2.21. The molecule has 0 radical (unpaired) electrons. The fraction of sp³-hybridized carbons (Fsp3) is 0.667. The average Bonchev–Trinajstić information content (AvgIpc) is 2.26. The molecule has 0 bridgehead atoms. The van der Waals surface area contributed by atoms with Gasteiger partial charge < -0.3 is 5.73 Å². The largest absolute Gasteiger partial charge is 0.329 e. The quantitative estimate of drug-likeness (QED) is 0.818. The van der Waals surface area contributed by atoms with E-state index in [1.807, 2.05) is 0 Å². The zero-order valence-corrected chi connectivity index (χ0v) is 14.1. The van der Waals surface area contributed by atoms with Gasteiger partial charge in [0.25, 0.3) is 0 Å². The Bertz CT molecular complexity index is 380. The number of hydrogen-bond donors (Lipinski definition) is 1. The van der Waals surface area contributed by atoms with E-state index in [1.54, 1.807) is 0 Å². The van der Waals surface area contributed by atoms with Crippen molar-refractivity contribution in [2.24, 2.45) is 17.6 Å². The van der Waals surface area contributed by atoms with Crippen LogP contribution in [0.25, 0.3) is 0 Å². The zero-order valence-electron chi connectivity index (χ0n) is 14.1. The summed E-state index contributed by atoms with van der Waals surface area (Å²) in [5, 5.41) is 0. The lowest BCUT2D eigenvalue weighted by molar-refractivity contribution is 0.160. The zero-order chi connectivity index (χ0) is 15.3. The van der Waals surface area contributed by atoms with Crippen LogP contribution < -0.4 is 5.73 Å². The van der Waals surface area contributed by atoms with Crippen molar-refractivity contribution in [3.05, 3.63) is 34.9 Å². The van der Waals surface area contributed by atoms with E-state index in [2.05, 4.69) is 64.6 Å². The highest BCUT2D eigenvalue weighted by Crippen LogP contribution is 2.24. The molecule has 114 valence electrons. The van der Waals surface area contributed by atoms with Crippen molar-refractivity contribution in [2.45, 2.75) is 47.6 Å². The van der Waals surface area contributed by atoms with Gasteiger partial charge in [-0.3, -0.25) is 4.90 Å². The molecule has 0 aromatic heterocycles. The first-order valence-corrected chi connectivity index (χ1v) is 7.85. The van der Waals surface area contributed by atoms with E-state index in [0.29, 0.717) is 24.4 Å². The van der Waals surface area contributed by atoms with E-state index in [4.69, 9.17) is 5.73 Å². The van der Waals surface area contributed by atoms with Gasteiger partial charge in [0, 0.05) is 25.7 Å². The normalized spacial score (nSPS) is 13.5. The molecule has 2 nitrogen and oxygen atoms in total. The second-order valence-corrected chi connectivity index (χ2v) is 6.91.